The Morgan fingerprint density at radius 3 is 1.88 bits per heavy atom. The van der Waals surface area contributed by atoms with Gasteiger partial charge in [-0.15, -0.1) is 25.5 Å². The van der Waals surface area contributed by atoms with E-state index in [1.54, 1.807) is 0 Å². The van der Waals surface area contributed by atoms with E-state index in [0.29, 0.717) is 94.8 Å². The van der Waals surface area contributed by atoms with Crippen molar-refractivity contribution in [2.24, 2.45) is 0 Å². The van der Waals surface area contributed by atoms with Crippen LogP contribution >= 0.6 is 21.6 Å². The number of nitrogens with zero attached hydrogens (tertiary/aromatic N) is 5. The highest BCUT2D eigenvalue weighted by molar-refractivity contribution is 8.76. The van der Waals surface area contributed by atoms with Crippen molar-refractivity contribution >= 4 is 51.2 Å². The highest BCUT2D eigenvalue weighted by Gasteiger charge is 2.32. The molecule has 2 aromatic rings. The smallest absolute Gasteiger partial charge is 0.334 e. The molecule has 0 bridgehead atoms. The Labute approximate surface area is 291 Å². The molecule has 1 aromatic heterocycles. The van der Waals surface area contributed by atoms with Gasteiger partial charge in [0.2, 0.25) is 17.6 Å². The third kappa shape index (κ3) is 17.5. The van der Waals surface area contributed by atoms with Gasteiger partial charge in [-0.3, -0.25) is 19.2 Å². The third-order valence-corrected chi connectivity index (χ3v) is 8.76. The highest BCUT2D eigenvalue weighted by Crippen LogP contribution is 2.23. The van der Waals surface area contributed by atoms with E-state index < -0.39 is 17.8 Å². The second kappa shape index (κ2) is 24.4. The molecule has 0 atom stereocenters. The van der Waals surface area contributed by atoms with Gasteiger partial charge < -0.3 is 34.4 Å². The number of rotatable bonds is 26. The molecule has 1 fully saturated rings. The van der Waals surface area contributed by atoms with E-state index in [1.807, 2.05) is 24.3 Å². The maximum absolute atomic E-state index is 12.1. The molecule has 2 heterocycles. The summed E-state index contributed by atoms with van der Waals surface area (Å²) in [6, 6.07) is 7.46. The number of aromatic nitrogens is 4. The number of nitrogens with one attached hydrogen (secondary N) is 2. The Hall–Kier alpha value is -3.75. The van der Waals surface area contributed by atoms with Gasteiger partial charge in [-0.2, -0.15) is 0 Å². The first-order chi connectivity index (χ1) is 23.9. The van der Waals surface area contributed by atoms with E-state index >= 15 is 0 Å². The fourth-order valence-corrected chi connectivity index (χ4v) is 5.80. The molecule has 0 radical (unpaired) electrons. The zero-order chi connectivity index (χ0) is 34.9. The van der Waals surface area contributed by atoms with Gasteiger partial charge in [-0.05, 0) is 5.56 Å². The first-order valence-electron chi connectivity index (χ1n) is 15.7. The Morgan fingerprint density at radius 1 is 0.694 bits per heavy atom. The number of hydroxylamine groups is 2. The molecule has 1 aliphatic rings. The van der Waals surface area contributed by atoms with Crippen molar-refractivity contribution in [3.63, 3.8) is 0 Å². The average Bonchev–Trinajstić information content (AvgIpc) is 3.43. The zero-order valence-corrected chi connectivity index (χ0v) is 28.7. The second-order valence-corrected chi connectivity index (χ2v) is 12.8. The minimum absolute atomic E-state index is 0.0520. The molecule has 19 heteroatoms. The van der Waals surface area contributed by atoms with E-state index in [1.165, 1.54) is 27.9 Å². The van der Waals surface area contributed by atoms with Gasteiger partial charge >= 0.3 is 5.97 Å². The Balaban J connectivity index is 1.01. The number of carbonyl (C=O) groups excluding carboxylic acids is 5. The quantitative estimate of drug-likeness (QED) is 0.0784. The monoisotopic (exact) mass is 723 g/mol. The van der Waals surface area contributed by atoms with E-state index in [4.69, 9.17) is 23.8 Å². The lowest BCUT2D eigenvalue weighted by atomic mass is 10.1. The standard InChI is InChI=1S/C30H41N7O10S2/c38-25(32-21-23-1-3-24(4-2-23)30-35-33-22-34-36-30)7-11-43-13-15-45-17-18-46-16-14-44-12-10-31-26(39)8-19-48-49-20-9-29(42)47-37-27(40)5-6-28(37)41/h1-4,22H,5-21H2,(H,31,39)(H,32,38). The van der Waals surface area contributed by atoms with Gasteiger partial charge in [0.25, 0.3) is 11.8 Å². The molecule has 0 unspecified atom stereocenters. The van der Waals surface area contributed by atoms with Crippen molar-refractivity contribution in [2.45, 2.75) is 38.6 Å². The van der Waals surface area contributed by atoms with Crippen LogP contribution in [0.4, 0.5) is 0 Å². The van der Waals surface area contributed by atoms with Gasteiger partial charge in [0.05, 0.1) is 59.3 Å². The van der Waals surface area contributed by atoms with Gasteiger partial charge in [-0.25, -0.2) is 4.79 Å². The molecule has 268 valence electrons. The van der Waals surface area contributed by atoms with Crippen molar-refractivity contribution in [1.29, 1.82) is 0 Å². The predicted octanol–water partition coefficient (Wildman–Crippen LogP) is 0.891. The molecule has 17 nitrogen and oxygen atoms in total. The first kappa shape index (κ1) is 39.7. The van der Waals surface area contributed by atoms with Crippen LogP contribution < -0.4 is 10.6 Å². The summed E-state index contributed by atoms with van der Waals surface area (Å²) in [5.41, 5.74) is 1.73. The minimum Gasteiger partial charge on any atom is -0.379 e. The van der Waals surface area contributed by atoms with Crippen LogP contribution in [0.1, 0.15) is 37.7 Å². The molecule has 2 N–H and O–H groups in total. The van der Waals surface area contributed by atoms with Crippen LogP contribution in [0.5, 0.6) is 0 Å². The van der Waals surface area contributed by atoms with E-state index in [2.05, 4.69) is 31.0 Å². The number of ether oxygens (including phenoxy) is 4. The molecule has 4 amide bonds. The van der Waals surface area contributed by atoms with Crippen molar-refractivity contribution in [2.75, 3.05) is 70.9 Å². The Morgan fingerprint density at radius 2 is 1.24 bits per heavy atom. The number of benzene rings is 1. The lowest BCUT2D eigenvalue weighted by Crippen LogP contribution is -2.32. The number of imide groups is 1. The summed E-state index contributed by atoms with van der Waals surface area (Å²) in [6.07, 6.45) is 2.01. The number of carbonyl (C=O) groups is 5. The van der Waals surface area contributed by atoms with Crippen molar-refractivity contribution in [1.82, 2.24) is 36.1 Å². The molecule has 3 rings (SSSR count). The fourth-order valence-electron chi connectivity index (χ4n) is 3.84. The van der Waals surface area contributed by atoms with Gasteiger partial charge in [0.1, 0.15) is 0 Å². The lowest BCUT2D eigenvalue weighted by Gasteiger charge is -2.12. The zero-order valence-electron chi connectivity index (χ0n) is 27.0. The van der Waals surface area contributed by atoms with Gasteiger partial charge in [0, 0.05) is 55.8 Å². The van der Waals surface area contributed by atoms with Crippen LogP contribution in [0.15, 0.2) is 30.6 Å². The highest BCUT2D eigenvalue weighted by atomic mass is 33.1. The molecule has 0 saturated carbocycles. The SMILES string of the molecule is O=C(CCSSCCC(=O)ON1C(=O)CCC1=O)NCCOCCOCCOCCOCCC(=O)NCc1ccc(-c2nncnn2)cc1. The predicted molar refractivity (Wildman–Crippen MR) is 177 cm³/mol. The number of hydrogen-bond acceptors (Lipinski definition) is 16. The normalized spacial score (nSPS) is 12.7. The summed E-state index contributed by atoms with van der Waals surface area (Å²) < 4.78 is 21.8. The van der Waals surface area contributed by atoms with Crippen molar-refractivity contribution in [3.05, 3.63) is 36.2 Å². The van der Waals surface area contributed by atoms with Crippen molar-refractivity contribution in [3.8, 4) is 11.4 Å². The Bertz CT molecular complexity index is 1300. The topological polar surface area (TPSA) is 210 Å². The summed E-state index contributed by atoms with van der Waals surface area (Å²) in [4.78, 5) is 63.4. The van der Waals surface area contributed by atoms with Crippen LogP contribution in [0.25, 0.3) is 11.4 Å². The largest absolute Gasteiger partial charge is 0.379 e. The fraction of sp³-hybridized carbons (Fsp3) is 0.567. The summed E-state index contributed by atoms with van der Waals surface area (Å²) in [5.74, 6) is -0.421. The molecule has 1 saturated heterocycles. The number of hydrogen-bond donors (Lipinski definition) is 2. The van der Waals surface area contributed by atoms with E-state index in [-0.39, 0.29) is 37.5 Å². The van der Waals surface area contributed by atoms with Gasteiger partial charge in [0.15, 0.2) is 6.33 Å². The third-order valence-electron chi connectivity index (χ3n) is 6.35. The number of amides is 4. The van der Waals surface area contributed by atoms with Crippen LogP contribution in [0, 0.1) is 0 Å². The molecule has 1 aliphatic heterocycles. The van der Waals surface area contributed by atoms with Crippen LogP contribution in [0.2, 0.25) is 0 Å². The summed E-state index contributed by atoms with van der Waals surface area (Å²) in [6.45, 7) is 3.80. The molecule has 0 spiro atoms. The second-order valence-electron chi connectivity index (χ2n) is 10.1. The van der Waals surface area contributed by atoms with Crippen molar-refractivity contribution < 1.29 is 47.8 Å². The maximum Gasteiger partial charge on any atom is 0.334 e. The molecule has 0 aliphatic carbocycles. The van der Waals surface area contributed by atoms with E-state index in [9.17, 15) is 24.0 Å². The Kier molecular flexibility index (Phi) is 19.8. The molecule has 49 heavy (non-hydrogen) atoms. The van der Waals surface area contributed by atoms with Crippen LogP contribution in [-0.2, 0) is 54.3 Å². The summed E-state index contributed by atoms with van der Waals surface area (Å²) >= 11 is 0. The molecular formula is C30H41N7O10S2. The molecule has 1 aromatic carbocycles. The maximum atomic E-state index is 12.1. The lowest BCUT2D eigenvalue weighted by molar-refractivity contribution is -0.197. The van der Waals surface area contributed by atoms with Crippen LogP contribution in [0.3, 0.4) is 0 Å². The average molecular weight is 724 g/mol. The summed E-state index contributed by atoms with van der Waals surface area (Å²) in [7, 11) is 2.86. The minimum atomic E-state index is -0.640. The van der Waals surface area contributed by atoms with Crippen LogP contribution in [-0.4, -0.2) is 126 Å². The first-order valence-corrected chi connectivity index (χ1v) is 18.2. The summed E-state index contributed by atoms with van der Waals surface area (Å²) in [5, 5.41) is 21.4. The molecular weight excluding hydrogens is 683 g/mol. The van der Waals surface area contributed by atoms with Gasteiger partial charge in [-0.1, -0.05) is 45.9 Å². The van der Waals surface area contributed by atoms with E-state index in [0.717, 1.165) is 11.1 Å².